The Hall–Kier alpha value is -2.63. The molecule has 3 rings (SSSR count). The van der Waals surface area contributed by atoms with Crippen LogP contribution in [0.2, 0.25) is 0 Å². The van der Waals surface area contributed by atoms with Gasteiger partial charge in [0.15, 0.2) is 0 Å². The number of carbonyl (C=O) groups excluding carboxylic acids is 1. The minimum atomic E-state index is -0.639. The molecule has 0 N–H and O–H groups in total. The van der Waals surface area contributed by atoms with E-state index in [1.165, 1.54) is 16.8 Å². The zero-order valence-corrected chi connectivity index (χ0v) is 11.9. The van der Waals surface area contributed by atoms with Gasteiger partial charge in [0.1, 0.15) is 17.2 Å². The van der Waals surface area contributed by atoms with Gasteiger partial charge >= 0.3 is 0 Å². The van der Waals surface area contributed by atoms with Gasteiger partial charge in [0.2, 0.25) is 5.91 Å². The minimum Gasteiger partial charge on any atom is -0.272 e. The smallest absolute Gasteiger partial charge is 0.249 e. The van der Waals surface area contributed by atoms with Gasteiger partial charge < -0.3 is 0 Å². The average molecular weight is 301 g/mol. The monoisotopic (exact) mass is 301 g/mol. The van der Waals surface area contributed by atoms with Gasteiger partial charge in [-0.3, -0.25) is 4.79 Å². The van der Waals surface area contributed by atoms with Crippen LogP contribution < -0.4 is 0 Å². The number of para-hydroxylation sites is 1. The van der Waals surface area contributed by atoms with Crippen molar-refractivity contribution in [3.8, 4) is 0 Å². The fourth-order valence-electron chi connectivity index (χ4n) is 2.33. The van der Waals surface area contributed by atoms with E-state index in [-0.39, 0.29) is 24.3 Å². The Bertz CT molecular complexity index is 858. The van der Waals surface area contributed by atoms with Crippen molar-refractivity contribution >= 4 is 16.9 Å². The quantitative estimate of drug-likeness (QED) is 0.746. The summed E-state index contributed by atoms with van der Waals surface area (Å²) in [7, 11) is 0. The second-order valence-electron chi connectivity index (χ2n) is 5.04. The van der Waals surface area contributed by atoms with Gasteiger partial charge in [-0.15, -0.1) is 5.10 Å². The first-order valence-electron chi connectivity index (χ1n) is 6.85. The largest absolute Gasteiger partial charge is 0.272 e. The summed E-state index contributed by atoms with van der Waals surface area (Å²) in [5.41, 5.74) is 1.47. The molecule has 2 aromatic carbocycles. The molecule has 0 bridgehead atoms. The van der Waals surface area contributed by atoms with Crippen LogP contribution in [0.3, 0.4) is 0 Å². The van der Waals surface area contributed by atoms with Gasteiger partial charge in [-0.05, 0) is 37.1 Å². The number of fused-ring (bicyclic) bond motifs is 1. The lowest BCUT2D eigenvalue weighted by atomic mass is 10.0. The molecule has 0 fully saturated rings. The molecule has 3 aromatic rings. The summed E-state index contributed by atoms with van der Waals surface area (Å²) < 4.78 is 28.8. The second-order valence-corrected chi connectivity index (χ2v) is 5.04. The highest BCUT2D eigenvalue weighted by molar-refractivity contribution is 5.88. The summed E-state index contributed by atoms with van der Waals surface area (Å²) in [6.07, 6.45) is -0.0724. The number of aromatic nitrogens is 3. The zero-order valence-electron chi connectivity index (χ0n) is 11.9. The van der Waals surface area contributed by atoms with E-state index >= 15 is 0 Å². The molecule has 0 spiro atoms. The molecular weight excluding hydrogens is 288 g/mol. The van der Waals surface area contributed by atoms with Crippen molar-refractivity contribution in [3.63, 3.8) is 0 Å². The Morgan fingerprint density at radius 2 is 1.95 bits per heavy atom. The Balaban J connectivity index is 1.83. The number of halogens is 2. The predicted molar refractivity (Wildman–Crippen MR) is 77.6 cm³/mol. The van der Waals surface area contributed by atoms with E-state index < -0.39 is 11.6 Å². The van der Waals surface area contributed by atoms with Crippen LogP contribution in [0.4, 0.5) is 8.78 Å². The molecule has 1 aromatic heterocycles. The van der Waals surface area contributed by atoms with Crippen molar-refractivity contribution in [3.05, 3.63) is 59.2 Å². The first kappa shape index (κ1) is 14.3. The van der Waals surface area contributed by atoms with Crippen molar-refractivity contribution in [1.29, 1.82) is 0 Å². The van der Waals surface area contributed by atoms with E-state index in [1.54, 1.807) is 31.2 Å². The highest BCUT2D eigenvalue weighted by Crippen LogP contribution is 2.18. The van der Waals surface area contributed by atoms with Crippen molar-refractivity contribution < 1.29 is 13.6 Å². The maximum atomic E-state index is 13.9. The van der Waals surface area contributed by atoms with Crippen molar-refractivity contribution in [2.45, 2.75) is 19.8 Å². The molecule has 1 heterocycles. The lowest BCUT2D eigenvalue weighted by Gasteiger charge is -2.07. The highest BCUT2D eigenvalue weighted by Gasteiger charge is 2.16. The van der Waals surface area contributed by atoms with Gasteiger partial charge in [-0.2, -0.15) is 4.68 Å². The Kier molecular flexibility index (Phi) is 3.66. The number of hydrogen-bond donors (Lipinski definition) is 0. The summed E-state index contributed by atoms with van der Waals surface area (Å²) in [4.78, 5) is 12.2. The number of benzene rings is 2. The normalized spacial score (nSPS) is 11.0. The van der Waals surface area contributed by atoms with Crippen LogP contribution >= 0.6 is 0 Å². The molecule has 0 unspecified atom stereocenters. The van der Waals surface area contributed by atoms with E-state index in [9.17, 15) is 13.6 Å². The third-order valence-electron chi connectivity index (χ3n) is 3.56. The van der Waals surface area contributed by atoms with Crippen LogP contribution in [-0.4, -0.2) is 20.9 Å². The van der Waals surface area contributed by atoms with E-state index in [0.717, 1.165) is 0 Å². The molecule has 0 aliphatic heterocycles. The molecule has 0 saturated carbocycles. The highest BCUT2D eigenvalue weighted by atomic mass is 19.1. The third-order valence-corrected chi connectivity index (χ3v) is 3.56. The van der Waals surface area contributed by atoms with Crippen LogP contribution in [-0.2, 0) is 6.42 Å². The van der Waals surface area contributed by atoms with Crippen LogP contribution in [0.5, 0.6) is 0 Å². The molecular formula is C16H13F2N3O. The first-order chi connectivity index (χ1) is 10.6. The lowest BCUT2D eigenvalue weighted by molar-refractivity contribution is 0.0890. The van der Waals surface area contributed by atoms with Gasteiger partial charge in [-0.25, -0.2) is 8.78 Å². The standard InChI is InChI=1S/C16H13F2N3O/c1-10-6-8-12(17)11(16(10)18)7-9-15(22)21-14-5-3-2-4-13(14)19-20-21/h2-6,8H,7,9H2,1H3. The minimum absolute atomic E-state index is 0.0215. The lowest BCUT2D eigenvalue weighted by Crippen LogP contribution is -2.14. The molecule has 0 aliphatic carbocycles. The molecule has 0 aliphatic rings. The zero-order chi connectivity index (χ0) is 15.7. The van der Waals surface area contributed by atoms with Crippen LogP contribution in [0.25, 0.3) is 11.0 Å². The van der Waals surface area contributed by atoms with Gasteiger partial charge in [0.25, 0.3) is 0 Å². The number of nitrogens with zero attached hydrogens (tertiary/aromatic N) is 3. The van der Waals surface area contributed by atoms with Crippen molar-refractivity contribution in [2.75, 3.05) is 0 Å². The number of aryl methyl sites for hydroxylation is 1. The summed E-state index contributed by atoms with van der Waals surface area (Å²) in [6.45, 7) is 1.56. The summed E-state index contributed by atoms with van der Waals surface area (Å²) >= 11 is 0. The number of carbonyl (C=O) groups is 1. The second kappa shape index (κ2) is 5.63. The number of rotatable bonds is 3. The first-order valence-corrected chi connectivity index (χ1v) is 6.85. The molecule has 6 heteroatoms. The van der Waals surface area contributed by atoms with Crippen molar-refractivity contribution in [2.24, 2.45) is 0 Å². The Morgan fingerprint density at radius 3 is 2.77 bits per heavy atom. The van der Waals surface area contributed by atoms with Crippen LogP contribution in [0.1, 0.15) is 22.3 Å². The van der Waals surface area contributed by atoms with Crippen molar-refractivity contribution in [1.82, 2.24) is 15.0 Å². The molecule has 112 valence electrons. The van der Waals surface area contributed by atoms with Gasteiger partial charge in [-0.1, -0.05) is 23.4 Å². The van der Waals surface area contributed by atoms with Crippen LogP contribution in [0.15, 0.2) is 36.4 Å². The molecule has 22 heavy (non-hydrogen) atoms. The third kappa shape index (κ3) is 2.47. The van der Waals surface area contributed by atoms with Gasteiger partial charge in [0.05, 0.1) is 5.52 Å². The molecule has 0 atom stereocenters. The molecule has 0 amide bonds. The molecule has 0 saturated heterocycles. The van der Waals surface area contributed by atoms with Crippen LogP contribution in [0, 0.1) is 18.6 Å². The number of hydrogen-bond acceptors (Lipinski definition) is 3. The van der Waals surface area contributed by atoms with E-state index in [2.05, 4.69) is 10.3 Å². The van der Waals surface area contributed by atoms with Gasteiger partial charge in [0, 0.05) is 12.0 Å². The Labute approximate surface area is 125 Å². The molecule has 4 nitrogen and oxygen atoms in total. The summed E-state index contributed by atoms with van der Waals surface area (Å²) in [5, 5.41) is 7.69. The fourth-order valence-corrected chi connectivity index (χ4v) is 2.33. The maximum Gasteiger partial charge on any atom is 0.249 e. The fraction of sp³-hybridized carbons (Fsp3) is 0.188. The van der Waals surface area contributed by atoms with E-state index in [1.807, 2.05) is 0 Å². The molecule has 0 radical (unpaired) electrons. The van der Waals surface area contributed by atoms with E-state index in [4.69, 9.17) is 0 Å². The topological polar surface area (TPSA) is 47.8 Å². The van der Waals surface area contributed by atoms with E-state index in [0.29, 0.717) is 16.6 Å². The Morgan fingerprint density at radius 1 is 1.18 bits per heavy atom. The predicted octanol–water partition coefficient (Wildman–Crippen LogP) is 3.29. The SMILES string of the molecule is Cc1ccc(F)c(CCC(=O)n2nnc3ccccc32)c1F. The maximum absolute atomic E-state index is 13.9. The summed E-state index contributed by atoms with van der Waals surface area (Å²) in [5.74, 6) is -1.59. The summed E-state index contributed by atoms with van der Waals surface area (Å²) in [6, 6.07) is 9.62. The average Bonchev–Trinajstić information content (AvgIpc) is 2.95.